The number of Topliss-reactive ketones (excluding diaryl/α,β-unsaturated/α-hetero) is 1. The lowest BCUT2D eigenvalue weighted by molar-refractivity contribution is 0.101. The van der Waals surface area contributed by atoms with Crippen LogP contribution < -0.4 is 0 Å². The molecule has 0 aliphatic rings. The number of aromatic nitrogens is 1. The second kappa shape index (κ2) is 3.39. The number of nitrogens with zero attached hydrogens (tertiary/aromatic N) is 1. The molecule has 3 heteroatoms. The lowest BCUT2D eigenvalue weighted by atomic mass is 10.1. The van der Waals surface area contributed by atoms with Crippen molar-refractivity contribution in [2.24, 2.45) is 0 Å². The Morgan fingerprint density at radius 2 is 2.07 bits per heavy atom. The summed E-state index contributed by atoms with van der Waals surface area (Å²) in [6.07, 6.45) is 0. The lowest BCUT2D eigenvalue weighted by Crippen LogP contribution is -1.95. The maximum absolute atomic E-state index is 11.3. The molecule has 0 aliphatic heterocycles. The molecule has 1 aromatic heterocycles. The lowest BCUT2D eigenvalue weighted by Gasteiger charge is -2.01. The van der Waals surface area contributed by atoms with Crippen molar-refractivity contribution in [3.05, 3.63) is 41.0 Å². The van der Waals surface area contributed by atoms with E-state index in [0.29, 0.717) is 16.2 Å². The summed E-state index contributed by atoms with van der Waals surface area (Å²) in [6.45, 7) is 1.53. The molecule has 0 atom stereocenters. The molecule has 0 saturated heterocycles. The van der Waals surface area contributed by atoms with Crippen molar-refractivity contribution in [2.75, 3.05) is 0 Å². The molecule has 0 bridgehead atoms. The SMILES string of the molecule is CC(=O)c1cccc2ccc(Cl)nc12. The van der Waals surface area contributed by atoms with E-state index in [-0.39, 0.29) is 5.78 Å². The number of halogens is 1. The molecule has 1 heterocycles. The van der Waals surface area contributed by atoms with Gasteiger partial charge in [0.1, 0.15) is 5.15 Å². The fourth-order valence-corrected chi connectivity index (χ4v) is 1.55. The minimum absolute atomic E-state index is 0.00497. The van der Waals surface area contributed by atoms with Gasteiger partial charge in [-0.25, -0.2) is 4.98 Å². The summed E-state index contributed by atoms with van der Waals surface area (Å²) in [5.74, 6) is 0.00497. The first-order valence-electron chi connectivity index (χ1n) is 4.25. The topological polar surface area (TPSA) is 30.0 Å². The van der Waals surface area contributed by atoms with Crippen LogP contribution in [0, 0.1) is 0 Å². The summed E-state index contributed by atoms with van der Waals surface area (Å²) < 4.78 is 0. The molecule has 0 radical (unpaired) electrons. The molecule has 0 fully saturated rings. The van der Waals surface area contributed by atoms with Gasteiger partial charge < -0.3 is 0 Å². The molecule has 14 heavy (non-hydrogen) atoms. The van der Waals surface area contributed by atoms with E-state index in [1.165, 1.54) is 6.92 Å². The zero-order valence-electron chi connectivity index (χ0n) is 7.62. The number of hydrogen-bond acceptors (Lipinski definition) is 2. The van der Waals surface area contributed by atoms with Gasteiger partial charge in [0.25, 0.3) is 0 Å². The molecular weight excluding hydrogens is 198 g/mol. The molecule has 0 N–H and O–H groups in total. The summed E-state index contributed by atoms with van der Waals surface area (Å²) in [7, 11) is 0. The first-order chi connectivity index (χ1) is 6.68. The number of rotatable bonds is 1. The van der Waals surface area contributed by atoms with Gasteiger partial charge >= 0.3 is 0 Å². The average molecular weight is 206 g/mol. The number of ketones is 1. The molecule has 70 valence electrons. The second-order valence-corrected chi connectivity index (χ2v) is 3.45. The summed E-state index contributed by atoms with van der Waals surface area (Å²) in [6, 6.07) is 9.08. The molecule has 2 aromatic rings. The van der Waals surface area contributed by atoms with Gasteiger partial charge in [-0.15, -0.1) is 0 Å². The van der Waals surface area contributed by atoms with E-state index in [4.69, 9.17) is 11.6 Å². The van der Waals surface area contributed by atoms with Crippen LogP contribution in [0.3, 0.4) is 0 Å². The first-order valence-corrected chi connectivity index (χ1v) is 4.62. The molecule has 0 unspecified atom stereocenters. The van der Waals surface area contributed by atoms with Crippen molar-refractivity contribution in [1.29, 1.82) is 0 Å². The zero-order valence-corrected chi connectivity index (χ0v) is 8.38. The van der Waals surface area contributed by atoms with E-state index in [9.17, 15) is 4.79 Å². The molecule has 0 spiro atoms. The quantitative estimate of drug-likeness (QED) is 0.529. The standard InChI is InChI=1S/C11H8ClNO/c1-7(14)9-4-2-3-8-5-6-10(12)13-11(8)9/h2-6H,1H3. The Hall–Kier alpha value is -1.41. The predicted molar refractivity (Wildman–Crippen MR) is 56.8 cm³/mol. The van der Waals surface area contributed by atoms with Crippen LogP contribution in [0.1, 0.15) is 17.3 Å². The van der Waals surface area contributed by atoms with Gasteiger partial charge in [-0.3, -0.25) is 4.79 Å². The van der Waals surface area contributed by atoms with Crippen molar-refractivity contribution >= 4 is 28.3 Å². The molecule has 2 rings (SSSR count). The third kappa shape index (κ3) is 1.49. The summed E-state index contributed by atoms with van der Waals surface area (Å²) in [5, 5.41) is 1.34. The molecule has 0 aliphatic carbocycles. The first kappa shape index (κ1) is 9.16. The minimum atomic E-state index is 0.00497. The summed E-state index contributed by atoms with van der Waals surface area (Å²) in [5.41, 5.74) is 1.29. The van der Waals surface area contributed by atoms with Crippen LogP contribution in [0.25, 0.3) is 10.9 Å². The molecule has 2 nitrogen and oxygen atoms in total. The van der Waals surface area contributed by atoms with Gasteiger partial charge in [0, 0.05) is 10.9 Å². The van der Waals surface area contributed by atoms with Crippen molar-refractivity contribution in [2.45, 2.75) is 6.92 Å². The maximum Gasteiger partial charge on any atom is 0.161 e. The Balaban J connectivity index is 2.84. The number of benzene rings is 1. The van der Waals surface area contributed by atoms with E-state index in [0.717, 1.165) is 5.39 Å². The van der Waals surface area contributed by atoms with Crippen molar-refractivity contribution < 1.29 is 4.79 Å². The van der Waals surface area contributed by atoms with Crippen LogP contribution in [-0.2, 0) is 0 Å². The van der Waals surface area contributed by atoms with E-state index in [1.54, 1.807) is 12.1 Å². The normalized spacial score (nSPS) is 10.4. The fourth-order valence-electron chi connectivity index (χ4n) is 1.41. The van der Waals surface area contributed by atoms with Crippen LogP contribution in [0.2, 0.25) is 5.15 Å². The van der Waals surface area contributed by atoms with E-state index in [2.05, 4.69) is 4.98 Å². The van der Waals surface area contributed by atoms with Gasteiger partial charge in [-0.1, -0.05) is 23.7 Å². The second-order valence-electron chi connectivity index (χ2n) is 3.07. The van der Waals surface area contributed by atoms with Gasteiger partial charge in [0.15, 0.2) is 5.78 Å². The van der Waals surface area contributed by atoms with Crippen LogP contribution in [0.5, 0.6) is 0 Å². The molecule has 0 amide bonds. The van der Waals surface area contributed by atoms with E-state index < -0.39 is 0 Å². The summed E-state index contributed by atoms with van der Waals surface area (Å²) in [4.78, 5) is 15.4. The van der Waals surface area contributed by atoms with Crippen LogP contribution >= 0.6 is 11.6 Å². The van der Waals surface area contributed by atoms with E-state index >= 15 is 0 Å². The number of hydrogen-bond donors (Lipinski definition) is 0. The Kier molecular flexibility index (Phi) is 2.22. The number of para-hydroxylation sites is 1. The van der Waals surface area contributed by atoms with Crippen LogP contribution in [0.15, 0.2) is 30.3 Å². The highest BCUT2D eigenvalue weighted by Crippen LogP contribution is 2.19. The van der Waals surface area contributed by atoms with Crippen molar-refractivity contribution in [1.82, 2.24) is 4.98 Å². The highest BCUT2D eigenvalue weighted by molar-refractivity contribution is 6.30. The molecular formula is C11H8ClNO. The highest BCUT2D eigenvalue weighted by atomic mass is 35.5. The minimum Gasteiger partial charge on any atom is -0.294 e. The van der Waals surface area contributed by atoms with E-state index in [1.807, 2.05) is 18.2 Å². The van der Waals surface area contributed by atoms with Gasteiger partial charge in [-0.05, 0) is 25.1 Å². The summed E-state index contributed by atoms with van der Waals surface area (Å²) >= 11 is 5.77. The van der Waals surface area contributed by atoms with Gasteiger partial charge in [0.2, 0.25) is 0 Å². The molecule has 1 aromatic carbocycles. The maximum atomic E-state index is 11.3. The molecule has 0 saturated carbocycles. The largest absolute Gasteiger partial charge is 0.294 e. The van der Waals surface area contributed by atoms with Crippen LogP contribution in [-0.4, -0.2) is 10.8 Å². The van der Waals surface area contributed by atoms with Crippen LogP contribution in [0.4, 0.5) is 0 Å². The Morgan fingerprint density at radius 3 is 2.79 bits per heavy atom. The van der Waals surface area contributed by atoms with Crippen molar-refractivity contribution in [3.63, 3.8) is 0 Å². The third-order valence-corrected chi connectivity index (χ3v) is 2.28. The average Bonchev–Trinajstić information content (AvgIpc) is 2.16. The van der Waals surface area contributed by atoms with Crippen molar-refractivity contribution in [3.8, 4) is 0 Å². The number of carbonyl (C=O) groups is 1. The Morgan fingerprint density at radius 1 is 1.29 bits per heavy atom. The number of fused-ring (bicyclic) bond motifs is 1. The Labute approximate surface area is 86.5 Å². The number of pyridine rings is 1. The third-order valence-electron chi connectivity index (χ3n) is 2.07. The van der Waals surface area contributed by atoms with Gasteiger partial charge in [-0.2, -0.15) is 0 Å². The Bertz CT molecular complexity index is 508. The predicted octanol–water partition coefficient (Wildman–Crippen LogP) is 3.09. The monoisotopic (exact) mass is 205 g/mol. The smallest absolute Gasteiger partial charge is 0.161 e. The highest BCUT2D eigenvalue weighted by Gasteiger charge is 2.06. The fraction of sp³-hybridized carbons (Fsp3) is 0.0909. The van der Waals surface area contributed by atoms with Gasteiger partial charge in [0.05, 0.1) is 5.52 Å². The number of carbonyl (C=O) groups excluding carboxylic acids is 1. The zero-order chi connectivity index (χ0) is 10.1.